The lowest BCUT2D eigenvalue weighted by Crippen LogP contribution is -2.11. The average molecular weight is 497 g/mol. The molecule has 0 atom stereocenters. The van der Waals surface area contributed by atoms with E-state index < -0.39 is 11.9 Å². The molecule has 0 aliphatic heterocycles. The standard InChI is InChI=1S/C29H36O7/c1-2-27(30)34-23-15-10-8-6-4-3-5-7-9-14-22-33-26-20-18-25(19-21-26)29(32)36-35-28(31)24-16-12-11-13-17-24/h2,11-13,16-21H,1,3-10,14-15,22-23H2. The number of unbranched alkanes of at least 4 members (excludes halogenated alkanes) is 9. The molecule has 0 bridgehead atoms. The second-order valence-electron chi connectivity index (χ2n) is 8.39. The molecule has 7 heteroatoms. The van der Waals surface area contributed by atoms with Gasteiger partial charge in [-0.2, -0.15) is 0 Å². The van der Waals surface area contributed by atoms with Gasteiger partial charge in [0.05, 0.1) is 24.3 Å². The molecule has 0 spiro atoms. The zero-order valence-electron chi connectivity index (χ0n) is 20.8. The van der Waals surface area contributed by atoms with Crippen molar-refractivity contribution in [2.45, 2.75) is 64.2 Å². The summed E-state index contributed by atoms with van der Waals surface area (Å²) >= 11 is 0. The van der Waals surface area contributed by atoms with E-state index in [0.717, 1.165) is 25.7 Å². The molecule has 0 aromatic heterocycles. The Balaban J connectivity index is 1.45. The highest BCUT2D eigenvalue weighted by molar-refractivity contribution is 5.92. The SMILES string of the molecule is C=CC(=O)OCCCCCCCCCCCCOc1ccc(C(=O)OOC(=O)c2ccccc2)cc1. The van der Waals surface area contributed by atoms with Crippen molar-refractivity contribution in [1.82, 2.24) is 0 Å². The second kappa shape index (κ2) is 17.8. The summed E-state index contributed by atoms with van der Waals surface area (Å²) in [5, 5.41) is 0. The van der Waals surface area contributed by atoms with E-state index in [2.05, 4.69) is 16.4 Å². The van der Waals surface area contributed by atoms with Crippen LogP contribution in [0.5, 0.6) is 5.75 Å². The van der Waals surface area contributed by atoms with Crippen LogP contribution in [0.2, 0.25) is 0 Å². The zero-order chi connectivity index (χ0) is 25.8. The molecule has 2 aromatic carbocycles. The Morgan fingerprint density at radius 2 is 1.08 bits per heavy atom. The number of esters is 1. The van der Waals surface area contributed by atoms with Crippen LogP contribution < -0.4 is 4.74 Å². The molecule has 194 valence electrons. The number of carbonyl (C=O) groups excluding carboxylic acids is 3. The predicted molar refractivity (Wildman–Crippen MR) is 137 cm³/mol. The summed E-state index contributed by atoms with van der Waals surface area (Å²) in [7, 11) is 0. The number of carbonyl (C=O) groups is 3. The lowest BCUT2D eigenvalue weighted by atomic mass is 10.1. The quantitative estimate of drug-likeness (QED) is 0.0799. The fraction of sp³-hybridized carbons (Fsp3) is 0.414. The maximum Gasteiger partial charge on any atom is 0.386 e. The van der Waals surface area contributed by atoms with Gasteiger partial charge in [0.2, 0.25) is 0 Å². The van der Waals surface area contributed by atoms with E-state index >= 15 is 0 Å². The highest BCUT2D eigenvalue weighted by atomic mass is 17.2. The zero-order valence-corrected chi connectivity index (χ0v) is 20.8. The molecule has 0 unspecified atom stereocenters. The van der Waals surface area contributed by atoms with Crippen LogP contribution in [0.15, 0.2) is 67.3 Å². The summed E-state index contributed by atoms with van der Waals surface area (Å²) in [5.41, 5.74) is 0.561. The van der Waals surface area contributed by atoms with E-state index in [1.54, 1.807) is 54.6 Å². The third kappa shape index (κ3) is 12.2. The summed E-state index contributed by atoms with van der Waals surface area (Å²) in [6.07, 6.45) is 12.6. The molecule has 7 nitrogen and oxygen atoms in total. The highest BCUT2D eigenvalue weighted by Gasteiger charge is 2.14. The van der Waals surface area contributed by atoms with Crippen LogP contribution in [0, 0.1) is 0 Å². The molecule has 0 fully saturated rings. The molecule has 0 saturated heterocycles. The van der Waals surface area contributed by atoms with E-state index in [0.29, 0.717) is 24.5 Å². The minimum absolute atomic E-state index is 0.263. The molecule has 0 saturated carbocycles. The predicted octanol–water partition coefficient (Wildman–Crippen LogP) is 6.62. The molecule has 0 radical (unpaired) electrons. The lowest BCUT2D eigenvalue weighted by Gasteiger charge is -2.07. The second-order valence-corrected chi connectivity index (χ2v) is 8.39. The van der Waals surface area contributed by atoms with Crippen molar-refractivity contribution in [3.05, 3.63) is 78.4 Å². The van der Waals surface area contributed by atoms with Crippen molar-refractivity contribution < 1.29 is 33.6 Å². The summed E-state index contributed by atoms with van der Waals surface area (Å²) < 4.78 is 10.7. The van der Waals surface area contributed by atoms with Crippen LogP contribution in [0.25, 0.3) is 0 Å². The summed E-state index contributed by atoms with van der Waals surface area (Å²) in [6.45, 7) is 4.47. The van der Waals surface area contributed by atoms with Crippen LogP contribution in [-0.4, -0.2) is 31.1 Å². The van der Waals surface area contributed by atoms with Gasteiger partial charge >= 0.3 is 17.9 Å². The molecule has 0 heterocycles. The van der Waals surface area contributed by atoms with Crippen molar-refractivity contribution in [2.24, 2.45) is 0 Å². The number of rotatable bonds is 17. The Morgan fingerprint density at radius 3 is 1.61 bits per heavy atom. The van der Waals surface area contributed by atoms with Crippen molar-refractivity contribution in [2.75, 3.05) is 13.2 Å². The first-order valence-electron chi connectivity index (χ1n) is 12.6. The van der Waals surface area contributed by atoms with E-state index in [1.165, 1.54) is 44.6 Å². The van der Waals surface area contributed by atoms with Crippen LogP contribution in [0.4, 0.5) is 0 Å². The molecule has 0 aliphatic carbocycles. The van der Waals surface area contributed by atoms with Crippen molar-refractivity contribution >= 4 is 17.9 Å². The lowest BCUT2D eigenvalue weighted by molar-refractivity contribution is -0.187. The van der Waals surface area contributed by atoms with Gasteiger partial charge in [0.1, 0.15) is 5.75 Å². The van der Waals surface area contributed by atoms with Crippen LogP contribution in [-0.2, 0) is 19.3 Å². The van der Waals surface area contributed by atoms with Gasteiger partial charge in [0, 0.05) is 6.08 Å². The van der Waals surface area contributed by atoms with E-state index in [4.69, 9.17) is 9.47 Å². The van der Waals surface area contributed by atoms with Gasteiger partial charge in [0.15, 0.2) is 0 Å². The fourth-order valence-corrected chi connectivity index (χ4v) is 3.47. The first-order valence-corrected chi connectivity index (χ1v) is 12.6. The average Bonchev–Trinajstić information content (AvgIpc) is 2.92. The van der Waals surface area contributed by atoms with Crippen LogP contribution in [0.1, 0.15) is 84.9 Å². The van der Waals surface area contributed by atoms with E-state index in [-0.39, 0.29) is 11.5 Å². The van der Waals surface area contributed by atoms with Gasteiger partial charge in [-0.1, -0.05) is 76.1 Å². The topological polar surface area (TPSA) is 88.1 Å². The monoisotopic (exact) mass is 496 g/mol. The van der Waals surface area contributed by atoms with Gasteiger partial charge in [-0.25, -0.2) is 24.2 Å². The molecule has 0 amide bonds. The fourth-order valence-electron chi connectivity index (χ4n) is 3.47. The molecular formula is C29H36O7. The highest BCUT2D eigenvalue weighted by Crippen LogP contribution is 2.15. The van der Waals surface area contributed by atoms with Crippen LogP contribution >= 0.6 is 0 Å². The van der Waals surface area contributed by atoms with Crippen molar-refractivity contribution in [1.29, 1.82) is 0 Å². The number of benzene rings is 2. The maximum atomic E-state index is 12.1. The van der Waals surface area contributed by atoms with Gasteiger partial charge < -0.3 is 9.47 Å². The number of ether oxygens (including phenoxy) is 2. The van der Waals surface area contributed by atoms with Crippen LogP contribution in [0.3, 0.4) is 0 Å². The molecule has 2 rings (SSSR count). The largest absolute Gasteiger partial charge is 0.494 e. The van der Waals surface area contributed by atoms with Gasteiger partial charge in [-0.3, -0.25) is 0 Å². The Kier molecular flexibility index (Phi) is 14.1. The van der Waals surface area contributed by atoms with E-state index in [1.807, 2.05) is 0 Å². The van der Waals surface area contributed by atoms with Gasteiger partial charge in [0.25, 0.3) is 0 Å². The molecule has 2 aromatic rings. The smallest absolute Gasteiger partial charge is 0.386 e. The number of hydrogen-bond acceptors (Lipinski definition) is 7. The summed E-state index contributed by atoms with van der Waals surface area (Å²) in [6, 6.07) is 14.8. The summed E-state index contributed by atoms with van der Waals surface area (Å²) in [5.74, 6) is -1.16. The summed E-state index contributed by atoms with van der Waals surface area (Å²) in [4.78, 5) is 44.0. The first kappa shape index (κ1) is 28.6. The Labute approximate surface area is 213 Å². The number of hydrogen-bond donors (Lipinski definition) is 0. The van der Waals surface area contributed by atoms with E-state index in [9.17, 15) is 14.4 Å². The maximum absolute atomic E-state index is 12.1. The Morgan fingerprint density at radius 1 is 0.611 bits per heavy atom. The van der Waals surface area contributed by atoms with Crippen molar-refractivity contribution in [3.8, 4) is 5.75 Å². The molecule has 0 N–H and O–H groups in total. The first-order chi connectivity index (χ1) is 17.6. The third-order valence-corrected chi connectivity index (χ3v) is 5.51. The molecular weight excluding hydrogens is 460 g/mol. The molecule has 0 aliphatic rings. The normalized spacial score (nSPS) is 10.3. The Bertz CT molecular complexity index is 922. The van der Waals surface area contributed by atoms with Crippen molar-refractivity contribution in [3.63, 3.8) is 0 Å². The minimum Gasteiger partial charge on any atom is -0.494 e. The Hall–Kier alpha value is -3.61. The minimum atomic E-state index is -0.750. The van der Waals surface area contributed by atoms with Gasteiger partial charge in [-0.15, -0.1) is 0 Å². The van der Waals surface area contributed by atoms with Gasteiger partial charge in [-0.05, 0) is 49.2 Å². The molecule has 36 heavy (non-hydrogen) atoms. The third-order valence-electron chi connectivity index (χ3n) is 5.51.